The first-order chi connectivity index (χ1) is 24.5. The van der Waals surface area contributed by atoms with Gasteiger partial charge in [0.1, 0.15) is 11.6 Å². The molecule has 0 atom stereocenters. The van der Waals surface area contributed by atoms with Crippen LogP contribution < -0.4 is 4.90 Å². The van der Waals surface area contributed by atoms with E-state index in [9.17, 15) is 14.7 Å². The van der Waals surface area contributed by atoms with Crippen molar-refractivity contribution < 1.29 is 19.4 Å². The quantitative estimate of drug-likeness (QED) is 0.155. The first kappa shape index (κ1) is 31.7. The van der Waals surface area contributed by atoms with E-state index in [2.05, 4.69) is 24.3 Å². The molecule has 7 heteroatoms. The van der Waals surface area contributed by atoms with Gasteiger partial charge in [0, 0.05) is 11.1 Å². The molecule has 5 aromatic carbocycles. The number of hydrogen-bond acceptors (Lipinski definition) is 6. The second kappa shape index (κ2) is 14.1. The highest BCUT2D eigenvalue weighted by Gasteiger charge is 2.28. The highest BCUT2D eigenvalue weighted by molar-refractivity contribution is 6.06. The minimum absolute atomic E-state index is 0.0613. The smallest absolute Gasteiger partial charge is 0.340 e. The van der Waals surface area contributed by atoms with Crippen molar-refractivity contribution in [3.05, 3.63) is 175 Å². The molecule has 0 saturated heterocycles. The number of anilines is 3. The zero-order valence-corrected chi connectivity index (χ0v) is 27.1. The molecule has 7 aromatic rings. The van der Waals surface area contributed by atoms with Gasteiger partial charge in [0.25, 0.3) is 0 Å². The van der Waals surface area contributed by atoms with E-state index in [1.54, 1.807) is 23.1 Å². The summed E-state index contributed by atoms with van der Waals surface area (Å²) in [6.45, 7) is 0. The standard InChI is InChI=1S/C43H31N3O4/c1-50-43(49)36-16-8-15-35(42(47)48)41(36)46(39-19-9-17-37(44-39)33-25-21-31(22-26-33)29-11-4-2-5-12-29)40-20-10-18-38(45-40)34-27-23-32(24-28-34)30-13-6-3-7-14-30/h2-28H,1H3,(H,47,48). The summed E-state index contributed by atoms with van der Waals surface area (Å²) in [5.74, 6) is -1.15. The molecule has 50 heavy (non-hydrogen) atoms. The van der Waals surface area contributed by atoms with E-state index in [0.29, 0.717) is 23.0 Å². The summed E-state index contributed by atoms with van der Waals surface area (Å²) in [5, 5.41) is 10.4. The van der Waals surface area contributed by atoms with Crippen molar-refractivity contribution in [3.63, 3.8) is 0 Å². The average molecular weight is 654 g/mol. The van der Waals surface area contributed by atoms with E-state index >= 15 is 0 Å². The van der Waals surface area contributed by atoms with Crippen molar-refractivity contribution in [2.24, 2.45) is 0 Å². The van der Waals surface area contributed by atoms with Crippen molar-refractivity contribution >= 4 is 29.3 Å². The molecular weight excluding hydrogens is 622 g/mol. The van der Waals surface area contributed by atoms with Crippen LogP contribution in [0.4, 0.5) is 17.3 Å². The minimum atomic E-state index is -1.21. The van der Waals surface area contributed by atoms with Crippen LogP contribution in [0.5, 0.6) is 0 Å². The van der Waals surface area contributed by atoms with Crippen molar-refractivity contribution in [3.8, 4) is 44.8 Å². The topological polar surface area (TPSA) is 92.6 Å². The van der Waals surface area contributed by atoms with Gasteiger partial charge in [-0.3, -0.25) is 4.90 Å². The Hall–Kier alpha value is -6.86. The van der Waals surface area contributed by atoms with Gasteiger partial charge in [0.15, 0.2) is 0 Å². The third-order valence-electron chi connectivity index (χ3n) is 8.40. The number of carboxylic acids is 1. The summed E-state index contributed by atoms with van der Waals surface area (Å²) >= 11 is 0. The molecule has 2 aromatic heterocycles. The summed E-state index contributed by atoms with van der Waals surface area (Å²) in [7, 11) is 1.26. The number of ether oxygens (including phenoxy) is 1. The Bertz CT molecular complexity index is 2160. The highest BCUT2D eigenvalue weighted by Crippen LogP contribution is 2.39. The van der Waals surface area contributed by atoms with Crippen LogP contribution >= 0.6 is 0 Å². The fourth-order valence-electron chi connectivity index (χ4n) is 5.92. The third kappa shape index (κ3) is 6.48. The maximum Gasteiger partial charge on any atom is 0.340 e. The zero-order valence-electron chi connectivity index (χ0n) is 27.1. The lowest BCUT2D eigenvalue weighted by atomic mass is 10.0. The van der Waals surface area contributed by atoms with Crippen LogP contribution in [0, 0.1) is 0 Å². The Balaban J connectivity index is 1.36. The monoisotopic (exact) mass is 653 g/mol. The van der Waals surface area contributed by atoms with Crippen LogP contribution in [-0.2, 0) is 4.74 Å². The lowest BCUT2D eigenvalue weighted by molar-refractivity contribution is 0.0601. The molecule has 242 valence electrons. The molecule has 0 fully saturated rings. The van der Waals surface area contributed by atoms with Crippen molar-refractivity contribution in [1.29, 1.82) is 0 Å². The number of aromatic carboxylic acids is 1. The molecule has 2 heterocycles. The number of esters is 1. The van der Waals surface area contributed by atoms with Crippen LogP contribution in [0.15, 0.2) is 164 Å². The number of carbonyl (C=O) groups excluding carboxylic acids is 1. The number of rotatable bonds is 9. The number of hydrogen-bond donors (Lipinski definition) is 1. The van der Waals surface area contributed by atoms with Gasteiger partial charge in [-0.15, -0.1) is 0 Å². The van der Waals surface area contributed by atoms with Gasteiger partial charge in [-0.25, -0.2) is 19.6 Å². The summed E-state index contributed by atoms with van der Waals surface area (Å²) in [4.78, 5) is 37.5. The van der Waals surface area contributed by atoms with Crippen LogP contribution in [-0.4, -0.2) is 34.1 Å². The number of benzene rings is 5. The maximum absolute atomic E-state index is 13.2. The molecule has 0 spiro atoms. The normalized spacial score (nSPS) is 10.7. The molecule has 0 unspecified atom stereocenters. The van der Waals surface area contributed by atoms with Crippen molar-refractivity contribution in [1.82, 2.24) is 9.97 Å². The summed E-state index contributed by atoms with van der Waals surface area (Å²) in [5.41, 5.74) is 7.46. The maximum atomic E-state index is 13.2. The Labute approximate surface area is 289 Å². The third-order valence-corrected chi connectivity index (χ3v) is 8.40. The highest BCUT2D eigenvalue weighted by atomic mass is 16.5. The Morgan fingerprint density at radius 1 is 0.480 bits per heavy atom. The van der Waals surface area contributed by atoms with Gasteiger partial charge < -0.3 is 9.84 Å². The molecule has 0 radical (unpaired) electrons. The van der Waals surface area contributed by atoms with E-state index in [4.69, 9.17) is 14.7 Å². The minimum Gasteiger partial charge on any atom is -0.478 e. The van der Waals surface area contributed by atoms with E-state index in [0.717, 1.165) is 33.4 Å². The number of carbonyl (C=O) groups is 2. The molecule has 1 N–H and O–H groups in total. The Morgan fingerprint density at radius 2 is 0.880 bits per heavy atom. The van der Waals surface area contributed by atoms with Crippen LogP contribution in [0.2, 0.25) is 0 Å². The van der Waals surface area contributed by atoms with E-state index in [-0.39, 0.29) is 16.8 Å². The van der Waals surface area contributed by atoms with E-state index in [1.165, 1.54) is 19.2 Å². The van der Waals surface area contributed by atoms with Crippen LogP contribution in [0.1, 0.15) is 20.7 Å². The fraction of sp³-hybridized carbons (Fsp3) is 0.0233. The molecule has 0 saturated carbocycles. The van der Waals surface area contributed by atoms with Gasteiger partial charge in [-0.2, -0.15) is 0 Å². The van der Waals surface area contributed by atoms with Crippen molar-refractivity contribution in [2.75, 3.05) is 12.0 Å². The summed E-state index contributed by atoms with van der Waals surface area (Å²) in [6, 6.07) is 51.9. The Kier molecular flexibility index (Phi) is 8.94. The van der Waals surface area contributed by atoms with Gasteiger partial charge in [0.2, 0.25) is 0 Å². The van der Waals surface area contributed by atoms with Gasteiger partial charge in [-0.1, -0.05) is 127 Å². The van der Waals surface area contributed by atoms with Gasteiger partial charge in [0.05, 0.1) is 35.3 Å². The number of carboxylic acid groups (broad SMARTS) is 1. The zero-order chi connectivity index (χ0) is 34.5. The molecule has 0 aliphatic rings. The molecular formula is C43H31N3O4. The number of aromatic nitrogens is 2. The second-order valence-corrected chi connectivity index (χ2v) is 11.5. The van der Waals surface area contributed by atoms with E-state index in [1.807, 2.05) is 109 Å². The predicted octanol–water partition coefficient (Wildman–Crippen LogP) is 10.1. The average Bonchev–Trinajstić information content (AvgIpc) is 3.19. The first-order valence-electron chi connectivity index (χ1n) is 16.0. The van der Waals surface area contributed by atoms with E-state index < -0.39 is 11.9 Å². The largest absolute Gasteiger partial charge is 0.478 e. The van der Waals surface area contributed by atoms with Gasteiger partial charge in [-0.05, 0) is 58.7 Å². The predicted molar refractivity (Wildman–Crippen MR) is 197 cm³/mol. The molecule has 0 aliphatic carbocycles. The summed E-state index contributed by atoms with van der Waals surface area (Å²) in [6.07, 6.45) is 0. The van der Waals surface area contributed by atoms with Crippen LogP contribution in [0.25, 0.3) is 44.8 Å². The SMILES string of the molecule is COC(=O)c1cccc(C(=O)O)c1N(c1cccc(-c2ccc(-c3ccccc3)cc2)n1)c1cccc(-c2ccc(-c3ccccc3)cc2)n1. The summed E-state index contributed by atoms with van der Waals surface area (Å²) < 4.78 is 5.12. The molecule has 7 nitrogen and oxygen atoms in total. The lowest BCUT2D eigenvalue weighted by Crippen LogP contribution is -2.21. The van der Waals surface area contributed by atoms with Gasteiger partial charge >= 0.3 is 11.9 Å². The number of methoxy groups -OCH3 is 1. The molecule has 0 aliphatic heterocycles. The van der Waals surface area contributed by atoms with Crippen LogP contribution in [0.3, 0.4) is 0 Å². The molecule has 0 bridgehead atoms. The number of pyridine rings is 2. The molecule has 0 amide bonds. The van der Waals surface area contributed by atoms with Crippen molar-refractivity contribution in [2.45, 2.75) is 0 Å². The number of nitrogens with zero attached hydrogens (tertiary/aromatic N) is 3. The fourth-order valence-corrected chi connectivity index (χ4v) is 5.92. The Morgan fingerprint density at radius 3 is 1.32 bits per heavy atom. The lowest BCUT2D eigenvalue weighted by Gasteiger charge is -2.27. The molecule has 7 rings (SSSR count). The first-order valence-corrected chi connectivity index (χ1v) is 16.0. The second-order valence-electron chi connectivity index (χ2n) is 11.5. The number of para-hydroxylation sites is 1.